The van der Waals surface area contributed by atoms with E-state index < -0.39 is 57.2 Å². The molecule has 0 amide bonds. The van der Waals surface area contributed by atoms with E-state index in [-0.39, 0.29) is 33.4 Å². The molecule has 3 aromatic carbocycles. The average Bonchev–Trinajstić information content (AvgIpc) is 2.76. The van der Waals surface area contributed by atoms with Gasteiger partial charge in [0.15, 0.2) is 34.5 Å². The summed E-state index contributed by atoms with van der Waals surface area (Å²) in [7, 11) is 0. The summed E-state index contributed by atoms with van der Waals surface area (Å²) in [6.07, 6.45) is 0. The summed E-state index contributed by atoms with van der Waals surface area (Å²) in [6, 6.07) is 3.47. The minimum atomic E-state index is -1.52. The Morgan fingerprint density at radius 3 is 0.875 bits per heavy atom. The third-order valence-corrected chi connectivity index (χ3v) is 6.14. The summed E-state index contributed by atoms with van der Waals surface area (Å²) in [6.45, 7) is 5.91. The molecular weight excluding hydrogens is 420 g/mol. The maximum absolute atomic E-state index is 10.4. The number of phenols is 9. The Labute approximate surface area is 183 Å². The molecule has 3 rings (SSSR count). The summed E-state index contributed by atoms with van der Waals surface area (Å²) in [4.78, 5) is 0. The number of rotatable bonds is 3. The van der Waals surface area contributed by atoms with E-state index in [4.69, 9.17) is 0 Å². The zero-order valence-corrected chi connectivity index (χ0v) is 17.8. The highest BCUT2D eigenvalue weighted by Crippen LogP contribution is 2.54. The molecule has 0 saturated carbocycles. The number of aromatic hydroxyl groups is 9. The molecule has 9 heteroatoms. The van der Waals surface area contributed by atoms with Crippen molar-refractivity contribution in [1.29, 1.82) is 0 Å². The number of hydrogen-bond acceptors (Lipinski definition) is 9. The summed E-state index contributed by atoms with van der Waals surface area (Å²) in [5.74, 6) is -6.13. The number of phenolic OH excluding ortho intramolecular Hbond substituents is 9. The third kappa shape index (κ3) is 2.93. The highest BCUT2D eigenvalue weighted by atomic mass is 16.3. The first-order valence-electron chi connectivity index (χ1n) is 9.49. The Hall–Kier alpha value is -4.14. The van der Waals surface area contributed by atoms with E-state index in [1.165, 1.54) is 20.8 Å². The summed E-state index contributed by atoms with van der Waals surface area (Å²) >= 11 is 0. The quantitative estimate of drug-likeness (QED) is 0.216. The molecule has 9 N–H and O–H groups in total. The van der Waals surface area contributed by atoms with Gasteiger partial charge in [-0.25, -0.2) is 0 Å². The minimum Gasteiger partial charge on any atom is -0.504 e. The van der Waals surface area contributed by atoms with Gasteiger partial charge >= 0.3 is 0 Å². The lowest BCUT2D eigenvalue weighted by atomic mass is 9.66. The first-order chi connectivity index (χ1) is 14.7. The molecule has 0 radical (unpaired) electrons. The van der Waals surface area contributed by atoms with Crippen molar-refractivity contribution in [3.63, 3.8) is 0 Å². The monoisotopic (exact) mass is 444 g/mol. The van der Waals surface area contributed by atoms with Gasteiger partial charge in [-0.15, -0.1) is 0 Å². The van der Waals surface area contributed by atoms with Crippen LogP contribution in [0.2, 0.25) is 0 Å². The molecule has 0 aliphatic carbocycles. The molecule has 9 nitrogen and oxygen atoms in total. The second kappa shape index (κ2) is 7.23. The fraction of sp³-hybridized carbons (Fsp3) is 0.217. The molecule has 0 saturated heterocycles. The third-order valence-electron chi connectivity index (χ3n) is 6.14. The Morgan fingerprint density at radius 1 is 0.438 bits per heavy atom. The minimum absolute atomic E-state index is 0.112. The van der Waals surface area contributed by atoms with Crippen LogP contribution < -0.4 is 0 Å². The van der Waals surface area contributed by atoms with Crippen LogP contribution in [0, 0.1) is 20.8 Å². The van der Waals surface area contributed by atoms with Crippen molar-refractivity contribution in [2.45, 2.75) is 33.1 Å². The zero-order valence-electron chi connectivity index (χ0n) is 17.8. The summed E-state index contributed by atoms with van der Waals surface area (Å²) in [5, 5.41) is 91.7. The molecule has 32 heavy (non-hydrogen) atoms. The van der Waals surface area contributed by atoms with Gasteiger partial charge < -0.3 is 46.0 Å². The van der Waals surface area contributed by atoms with Crippen molar-refractivity contribution in [3.05, 3.63) is 51.6 Å². The van der Waals surface area contributed by atoms with Crippen LogP contribution in [0.5, 0.6) is 51.7 Å². The molecule has 0 spiro atoms. The molecule has 170 valence electrons. The van der Waals surface area contributed by atoms with Crippen LogP contribution in [0.1, 0.15) is 40.3 Å². The second-order valence-corrected chi connectivity index (χ2v) is 7.92. The molecule has 0 aliphatic rings. The van der Waals surface area contributed by atoms with Crippen molar-refractivity contribution in [2.75, 3.05) is 0 Å². The van der Waals surface area contributed by atoms with Crippen molar-refractivity contribution < 1.29 is 46.0 Å². The summed E-state index contributed by atoms with van der Waals surface area (Å²) < 4.78 is 0. The van der Waals surface area contributed by atoms with Gasteiger partial charge in [0.1, 0.15) is 0 Å². The molecule has 3 aromatic rings. The molecule has 0 unspecified atom stereocenters. The van der Waals surface area contributed by atoms with Crippen LogP contribution in [-0.4, -0.2) is 46.0 Å². The van der Waals surface area contributed by atoms with Gasteiger partial charge in [0.2, 0.25) is 17.2 Å². The predicted molar refractivity (Wildman–Crippen MR) is 114 cm³/mol. The number of benzene rings is 3. The van der Waals surface area contributed by atoms with Crippen LogP contribution >= 0.6 is 0 Å². The van der Waals surface area contributed by atoms with Gasteiger partial charge in [0.25, 0.3) is 0 Å². The topological polar surface area (TPSA) is 182 Å². The van der Waals surface area contributed by atoms with E-state index in [0.717, 1.165) is 18.2 Å². The van der Waals surface area contributed by atoms with Crippen molar-refractivity contribution >= 4 is 0 Å². The van der Waals surface area contributed by atoms with Gasteiger partial charge in [-0.1, -0.05) is 0 Å². The highest BCUT2D eigenvalue weighted by Gasteiger charge is 2.40. The molecular formula is C23H24O9. The van der Waals surface area contributed by atoms with Crippen LogP contribution in [0.25, 0.3) is 0 Å². The maximum Gasteiger partial charge on any atom is 0.200 e. The van der Waals surface area contributed by atoms with Gasteiger partial charge in [-0.05, 0) is 79.3 Å². The second-order valence-electron chi connectivity index (χ2n) is 7.92. The number of hydrogen-bond donors (Lipinski definition) is 9. The molecule has 0 fully saturated rings. The molecule has 0 bridgehead atoms. The Morgan fingerprint density at radius 2 is 0.656 bits per heavy atom. The average molecular weight is 444 g/mol. The maximum atomic E-state index is 10.4. The molecule has 0 aromatic heterocycles. The van der Waals surface area contributed by atoms with Crippen LogP contribution in [-0.2, 0) is 5.41 Å². The standard InChI is InChI=1S/C23H24O9/c1-8-11(5-14(24)20(30)17(8)27)23(4,12-6-15(25)21(31)18(28)9(12)2)13-7-16(26)22(32)19(29)10(13)3/h5-7,24-32H,1-4H3. The lowest BCUT2D eigenvalue weighted by Gasteiger charge is -2.36. The fourth-order valence-electron chi connectivity index (χ4n) is 4.21. The SMILES string of the molecule is Cc1c(C(C)(c2cc(O)c(O)c(O)c2C)c2cc(O)c(O)c(O)c2C)cc(O)c(O)c1O. The van der Waals surface area contributed by atoms with Crippen LogP contribution in [0.4, 0.5) is 0 Å². The van der Waals surface area contributed by atoms with Gasteiger partial charge in [-0.3, -0.25) is 0 Å². The van der Waals surface area contributed by atoms with Crippen molar-refractivity contribution in [2.24, 2.45) is 0 Å². The lowest BCUT2D eigenvalue weighted by Crippen LogP contribution is -2.28. The lowest BCUT2D eigenvalue weighted by molar-refractivity contribution is 0.359. The molecule has 0 heterocycles. The molecule has 0 aliphatic heterocycles. The Bertz CT molecular complexity index is 1110. The molecule has 0 atom stereocenters. The smallest absolute Gasteiger partial charge is 0.200 e. The Balaban J connectivity index is 2.60. The fourth-order valence-corrected chi connectivity index (χ4v) is 4.21. The van der Waals surface area contributed by atoms with Gasteiger partial charge in [0.05, 0.1) is 0 Å². The van der Waals surface area contributed by atoms with E-state index in [9.17, 15) is 46.0 Å². The van der Waals surface area contributed by atoms with Crippen molar-refractivity contribution in [1.82, 2.24) is 0 Å². The zero-order chi connectivity index (χ0) is 24.3. The van der Waals surface area contributed by atoms with E-state index in [1.807, 2.05) is 0 Å². The van der Waals surface area contributed by atoms with E-state index in [2.05, 4.69) is 0 Å². The normalized spacial score (nSPS) is 11.6. The van der Waals surface area contributed by atoms with E-state index in [1.54, 1.807) is 6.92 Å². The van der Waals surface area contributed by atoms with Gasteiger partial charge in [0, 0.05) is 5.41 Å². The van der Waals surface area contributed by atoms with Gasteiger partial charge in [-0.2, -0.15) is 0 Å². The van der Waals surface area contributed by atoms with Crippen LogP contribution in [0.3, 0.4) is 0 Å². The first-order valence-corrected chi connectivity index (χ1v) is 9.49. The summed E-state index contributed by atoms with van der Waals surface area (Å²) in [5.41, 5.74) is -0.671. The predicted octanol–water partition coefficient (Wildman–Crippen LogP) is 3.32. The van der Waals surface area contributed by atoms with Crippen LogP contribution in [0.15, 0.2) is 18.2 Å². The van der Waals surface area contributed by atoms with Crippen molar-refractivity contribution in [3.8, 4) is 51.7 Å². The first kappa shape index (κ1) is 22.5. The van der Waals surface area contributed by atoms with E-state index in [0.29, 0.717) is 0 Å². The van der Waals surface area contributed by atoms with E-state index >= 15 is 0 Å². The largest absolute Gasteiger partial charge is 0.504 e. The Kier molecular flexibility index (Phi) is 5.09. The highest BCUT2D eigenvalue weighted by molar-refractivity contribution is 5.70.